The molecule has 0 amide bonds. The molecule has 1 heterocycles. The van der Waals surface area contributed by atoms with E-state index < -0.39 is 0 Å². The molecule has 1 aromatic heterocycles. The highest BCUT2D eigenvalue weighted by Gasteiger charge is 2.04. The third-order valence-electron chi connectivity index (χ3n) is 1.63. The number of nitrogens with zero attached hydrogens (tertiary/aromatic N) is 2. The van der Waals surface area contributed by atoms with Crippen molar-refractivity contribution in [2.75, 3.05) is 0 Å². The Labute approximate surface area is 65.8 Å². The Hall–Kier alpha value is -0.500. The maximum absolute atomic E-state index is 5.81. The Balaban J connectivity index is 2.82. The lowest BCUT2D eigenvalue weighted by Crippen LogP contribution is -2.04. The van der Waals surface area contributed by atoms with Crippen LogP contribution >= 0.6 is 11.6 Å². The Morgan fingerprint density at radius 3 is 2.90 bits per heavy atom. The minimum Gasteiger partial charge on any atom is -0.251 e. The monoisotopic (exact) mass is 158 g/mol. The fourth-order valence-electron chi connectivity index (χ4n) is 0.795. The van der Waals surface area contributed by atoms with Crippen LogP contribution in [0, 0.1) is 0 Å². The maximum Gasteiger partial charge on any atom is 0.127 e. The maximum atomic E-state index is 5.81. The third-order valence-corrected chi connectivity index (χ3v) is 1.93. The second-order valence-electron chi connectivity index (χ2n) is 2.36. The van der Waals surface area contributed by atoms with Gasteiger partial charge in [-0.25, -0.2) is 0 Å². The fraction of sp³-hybridized carbons (Fsp3) is 0.571. The van der Waals surface area contributed by atoms with Crippen LogP contribution in [0.1, 0.15) is 26.3 Å². The van der Waals surface area contributed by atoms with Gasteiger partial charge in [0.25, 0.3) is 0 Å². The number of halogens is 1. The lowest BCUT2D eigenvalue weighted by atomic mass is 10.3. The molecule has 0 aliphatic carbocycles. The van der Waals surface area contributed by atoms with Crippen LogP contribution in [0.15, 0.2) is 12.3 Å². The summed E-state index contributed by atoms with van der Waals surface area (Å²) < 4.78 is 1.82. The molecule has 0 radical (unpaired) electrons. The molecule has 10 heavy (non-hydrogen) atoms. The number of rotatable bonds is 2. The average Bonchev–Trinajstić information content (AvgIpc) is 2.34. The van der Waals surface area contributed by atoms with E-state index in [2.05, 4.69) is 18.9 Å². The molecule has 1 rings (SSSR count). The van der Waals surface area contributed by atoms with Gasteiger partial charge < -0.3 is 0 Å². The predicted octanol–water partition coefficient (Wildman–Crippen LogP) is 2.51. The number of hydrogen-bond donors (Lipinski definition) is 0. The highest BCUT2D eigenvalue weighted by Crippen LogP contribution is 2.15. The molecule has 56 valence electrons. The van der Waals surface area contributed by atoms with E-state index in [0.29, 0.717) is 11.2 Å². The van der Waals surface area contributed by atoms with Crippen molar-refractivity contribution >= 4 is 11.6 Å². The van der Waals surface area contributed by atoms with Crippen molar-refractivity contribution in [1.29, 1.82) is 0 Å². The van der Waals surface area contributed by atoms with Crippen LogP contribution < -0.4 is 0 Å². The van der Waals surface area contributed by atoms with Crippen molar-refractivity contribution < 1.29 is 0 Å². The average molecular weight is 159 g/mol. The van der Waals surface area contributed by atoms with E-state index in [1.54, 1.807) is 12.3 Å². The van der Waals surface area contributed by atoms with E-state index in [4.69, 9.17) is 11.6 Å². The van der Waals surface area contributed by atoms with Crippen molar-refractivity contribution in [3.63, 3.8) is 0 Å². The summed E-state index contributed by atoms with van der Waals surface area (Å²) in [6.45, 7) is 4.21. The Morgan fingerprint density at radius 1 is 1.80 bits per heavy atom. The minimum atomic E-state index is 0.405. The normalized spacial score (nSPS) is 13.5. The van der Waals surface area contributed by atoms with Crippen molar-refractivity contribution in [3.05, 3.63) is 17.4 Å². The first kappa shape index (κ1) is 7.61. The first-order valence-corrected chi connectivity index (χ1v) is 3.82. The molecule has 3 heteroatoms. The van der Waals surface area contributed by atoms with Gasteiger partial charge in [-0.3, -0.25) is 4.68 Å². The van der Waals surface area contributed by atoms with E-state index in [-0.39, 0.29) is 0 Å². The molecule has 1 unspecified atom stereocenters. The lowest BCUT2D eigenvalue weighted by Gasteiger charge is -2.09. The lowest BCUT2D eigenvalue weighted by molar-refractivity contribution is 0.478. The summed E-state index contributed by atoms with van der Waals surface area (Å²) >= 11 is 5.81. The van der Waals surface area contributed by atoms with Crippen LogP contribution in [0.2, 0.25) is 5.15 Å². The van der Waals surface area contributed by atoms with E-state index in [9.17, 15) is 0 Å². The summed E-state index contributed by atoms with van der Waals surface area (Å²) in [7, 11) is 0. The molecule has 0 saturated carbocycles. The standard InChI is InChI=1S/C7H11ClN2/c1-3-6(2)10-7(8)4-5-9-10/h4-6H,3H2,1-2H3. The molecule has 1 atom stereocenters. The van der Waals surface area contributed by atoms with Crippen molar-refractivity contribution in [2.45, 2.75) is 26.3 Å². The van der Waals surface area contributed by atoms with Crippen molar-refractivity contribution in [3.8, 4) is 0 Å². The summed E-state index contributed by atoms with van der Waals surface area (Å²) in [5.74, 6) is 0. The highest BCUT2D eigenvalue weighted by atomic mass is 35.5. The van der Waals surface area contributed by atoms with Gasteiger partial charge in [0.15, 0.2) is 0 Å². The van der Waals surface area contributed by atoms with Gasteiger partial charge in [-0.05, 0) is 19.4 Å². The zero-order valence-electron chi connectivity index (χ0n) is 6.21. The van der Waals surface area contributed by atoms with Crippen LogP contribution in [0.4, 0.5) is 0 Å². The van der Waals surface area contributed by atoms with Crippen LogP contribution in [0.3, 0.4) is 0 Å². The molecule has 0 spiro atoms. The molecule has 0 bridgehead atoms. The number of hydrogen-bond acceptors (Lipinski definition) is 1. The summed E-state index contributed by atoms with van der Waals surface area (Å²) in [6, 6.07) is 2.20. The van der Waals surface area contributed by atoms with Crippen LogP contribution in [0.25, 0.3) is 0 Å². The zero-order valence-corrected chi connectivity index (χ0v) is 6.97. The molecular formula is C7H11ClN2. The van der Waals surface area contributed by atoms with E-state index >= 15 is 0 Å². The van der Waals surface area contributed by atoms with Gasteiger partial charge in [0, 0.05) is 0 Å². The molecule has 0 N–H and O–H groups in total. The molecule has 0 fully saturated rings. The van der Waals surface area contributed by atoms with Crippen LogP contribution in [0.5, 0.6) is 0 Å². The topological polar surface area (TPSA) is 17.8 Å². The minimum absolute atomic E-state index is 0.405. The molecule has 0 aliphatic heterocycles. The van der Waals surface area contributed by atoms with Gasteiger partial charge in [0.1, 0.15) is 5.15 Å². The van der Waals surface area contributed by atoms with E-state index in [0.717, 1.165) is 6.42 Å². The zero-order chi connectivity index (χ0) is 7.56. The summed E-state index contributed by atoms with van der Waals surface area (Å²) in [6.07, 6.45) is 2.77. The molecule has 2 nitrogen and oxygen atoms in total. The largest absolute Gasteiger partial charge is 0.251 e. The van der Waals surface area contributed by atoms with Crippen molar-refractivity contribution in [1.82, 2.24) is 9.78 Å². The molecule has 0 saturated heterocycles. The summed E-state index contributed by atoms with van der Waals surface area (Å²) in [5, 5.41) is 4.79. The first-order chi connectivity index (χ1) is 4.75. The Bertz CT molecular complexity index is 207. The van der Waals surface area contributed by atoms with Gasteiger partial charge in [0.2, 0.25) is 0 Å². The van der Waals surface area contributed by atoms with Gasteiger partial charge >= 0.3 is 0 Å². The van der Waals surface area contributed by atoms with Crippen LogP contribution in [-0.4, -0.2) is 9.78 Å². The summed E-state index contributed by atoms with van der Waals surface area (Å²) in [5.41, 5.74) is 0. The Morgan fingerprint density at radius 2 is 2.50 bits per heavy atom. The first-order valence-electron chi connectivity index (χ1n) is 3.44. The smallest absolute Gasteiger partial charge is 0.127 e. The molecular weight excluding hydrogens is 148 g/mol. The predicted molar refractivity (Wildman–Crippen MR) is 42.2 cm³/mol. The molecule has 0 aromatic carbocycles. The van der Waals surface area contributed by atoms with Gasteiger partial charge in [-0.1, -0.05) is 18.5 Å². The Kier molecular flexibility index (Phi) is 2.33. The molecule has 1 aromatic rings. The van der Waals surface area contributed by atoms with E-state index in [1.165, 1.54) is 0 Å². The van der Waals surface area contributed by atoms with Crippen molar-refractivity contribution in [2.24, 2.45) is 0 Å². The van der Waals surface area contributed by atoms with Gasteiger partial charge in [-0.15, -0.1) is 0 Å². The highest BCUT2D eigenvalue weighted by molar-refractivity contribution is 6.29. The second-order valence-corrected chi connectivity index (χ2v) is 2.74. The SMILES string of the molecule is CCC(C)n1nccc1Cl. The van der Waals surface area contributed by atoms with Crippen LogP contribution in [-0.2, 0) is 0 Å². The number of aromatic nitrogens is 2. The summed E-state index contributed by atoms with van der Waals surface area (Å²) in [4.78, 5) is 0. The quantitative estimate of drug-likeness (QED) is 0.647. The molecule has 0 aliphatic rings. The second kappa shape index (κ2) is 3.06. The van der Waals surface area contributed by atoms with Gasteiger partial charge in [-0.2, -0.15) is 5.10 Å². The van der Waals surface area contributed by atoms with E-state index in [1.807, 2.05) is 4.68 Å². The fourth-order valence-corrected chi connectivity index (χ4v) is 1.06. The van der Waals surface area contributed by atoms with Gasteiger partial charge in [0.05, 0.1) is 12.2 Å². The third kappa shape index (κ3) is 1.32.